The van der Waals surface area contributed by atoms with E-state index in [1.165, 1.54) is 17.4 Å². The summed E-state index contributed by atoms with van der Waals surface area (Å²) in [6, 6.07) is 4.88. The van der Waals surface area contributed by atoms with Gasteiger partial charge in [-0.3, -0.25) is 4.79 Å². The quantitative estimate of drug-likeness (QED) is 0.785. The lowest BCUT2D eigenvalue weighted by atomic mass is 10.0. The van der Waals surface area contributed by atoms with E-state index in [2.05, 4.69) is 20.9 Å². The van der Waals surface area contributed by atoms with Crippen LogP contribution in [-0.4, -0.2) is 10.8 Å². The number of carbonyl (C=O) groups is 1. The number of benzene rings is 1. The van der Waals surface area contributed by atoms with Gasteiger partial charge in [-0.15, -0.1) is 11.3 Å². The summed E-state index contributed by atoms with van der Waals surface area (Å²) in [6.07, 6.45) is 2.30. The molecule has 18 heavy (non-hydrogen) atoms. The number of Topliss-reactive ketones (excluding diaryl/α,β-unsaturated/α-hetero) is 1. The molecule has 0 bridgehead atoms. The summed E-state index contributed by atoms with van der Waals surface area (Å²) in [7, 11) is 0. The lowest BCUT2D eigenvalue weighted by molar-refractivity contribution is 0.0968. The molecule has 0 unspecified atom stereocenters. The summed E-state index contributed by atoms with van der Waals surface area (Å²) in [5.41, 5.74) is 1.01. The lowest BCUT2D eigenvalue weighted by Gasteiger charge is -2.06. The first kappa shape index (κ1) is 12.0. The second-order valence-corrected chi connectivity index (χ2v) is 6.19. The number of ketones is 1. The summed E-state index contributed by atoms with van der Waals surface area (Å²) in [4.78, 5) is 17.0. The summed E-state index contributed by atoms with van der Waals surface area (Å²) >= 11 is 4.65. The molecule has 1 aromatic carbocycles. The number of hydrogen-bond donors (Lipinski definition) is 0. The molecule has 1 aliphatic carbocycles. The molecule has 0 saturated heterocycles. The SMILES string of the molecule is O=C1CCCc2sc(-c3ccc(Br)cc3F)nc21. The summed E-state index contributed by atoms with van der Waals surface area (Å²) in [5.74, 6) is -0.237. The van der Waals surface area contributed by atoms with Crippen LogP contribution >= 0.6 is 27.3 Å². The maximum atomic E-state index is 13.8. The molecule has 2 nitrogen and oxygen atoms in total. The van der Waals surface area contributed by atoms with E-state index in [1.54, 1.807) is 12.1 Å². The van der Waals surface area contributed by atoms with Crippen molar-refractivity contribution < 1.29 is 9.18 Å². The first-order valence-electron chi connectivity index (χ1n) is 5.63. The molecule has 0 aliphatic heterocycles. The van der Waals surface area contributed by atoms with E-state index in [0.29, 0.717) is 27.2 Å². The fourth-order valence-corrected chi connectivity index (χ4v) is 3.53. The number of halogens is 2. The van der Waals surface area contributed by atoms with Gasteiger partial charge in [0.25, 0.3) is 0 Å². The van der Waals surface area contributed by atoms with E-state index >= 15 is 0 Å². The molecule has 0 N–H and O–H groups in total. The Labute approximate surface area is 116 Å². The van der Waals surface area contributed by atoms with Crippen molar-refractivity contribution in [3.05, 3.63) is 39.1 Å². The van der Waals surface area contributed by atoms with Gasteiger partial charge >= 0.3 is 0 Å². The zero-order valence-corrected chi connectivity index (χ0v) is 11.8. The molecule has 3 rings (SSSR count). The van der Waals surface area contributed by atoms with Crippen LogP contribution in [0.25, 0.3) is 10.6 Å². The van der Waals surface area contributed by atoms with E-state index in [1.807, 2.05) is 0 Å². The summed E-state index contributed by atoms with van der Waals surface area (Å²) in [5, 5.41) is 0.597. The van der Waals surface area contributed by atoms with Gasteiger partial charge in [-0.05, 0) is 31.0 Å². The Balaban J connectivity index is 2.10. The van der Waals surface area contributed by atoms with Crippen LogP contribution in [0.5, 0.6) is 0 Å². The van der Waals surface area contributed by atoms with Crippen LogP contribution in [0.2, 0.25) is 0 Å². The van der Waals surface area contributed by atoms with Crippen LogP contribution < -0.4 is 0 Å². The topological polar surface area (TPSA) is 30.0 Å². The second-order valence-electron chi connectivity index (χ2n) is 4.19. The third kappa shape index (κ3) is 2.01. The van der Waals surface area contributed by atoms with Crippen molar-refractivity contribution in [1.82, 2.24) is 4.98 Å². The van der Waals surface area contributed by atoms with Crippen molar-refractivity contribution in [2.24, 2.45) is 0 Å². The predicted octanol–water partition coefficient (Wildman–Crippen LogP) is 4.23. The molecular formula is C13H9BrFNOS. The summed E-state index contributed by atoms with van der Waals surface area (Å²) in [6.45, 7) is 0. The Kier molecular flexibility index (Phi) is 3.03. The zero-order chi connectivity index (χ0) is 12.7. The van der Waals surface area contributed by atoms with Crippen LogP contribution in [0.15, 0.2) is 22.7 Å². The Bertz CT molecular complexity index is 638. The van der Waals surface area contributed by atoms with E-state index in [9.17, 15) is 9.18 Å². The second kappa shape index (κ2) is 4.55. The number of hydrogen-bond acceptors (Lipinski definition) is 3. The number of aryl methyl sites for hydroxylation is 1. The minimum absolute atomic E-state index is 0.0799. The Morgan fingerprint density at radius 2 is 2.17 bits per heavy atom. The summed E-state index contributed by atoms with van der Waals surface area (Å²) < 4.78 is 14.5. The molecular weight excluding hydrogens is 317 g/mol. The van der Waals surface area contributed by atoms with Gasteiger partial charge in [0.2, 0.25) is 0 Å². The minimum atomic E-state index is -0.317. The normalized spacial score (nSPS) is 14.7. The smallest absolute Gasteiger partial charge is 0.182 e. The number of thiazole rings is 1. The molecule has 1 aromatic heterocycles. The van der Waals surface area contributed by atoms with Gasteiger partial charge in [0.1, 0.15) is 16.5 Å². The molecule has 0 amide bonds. The molecule has 0 spiro atoms. The van der Waals surface area contributed by atoms with Crippen molar-refractivity contribution in [2.45, 2.75) is 19.3 Å². The van der Waals surface area contributed by atoms with E-state index < -0.39 is 0 Å². The van der Waals surface area contributed by atoms with Gasteiger partial charge in [-0.25, -0.2) is 9.37 Å². The standard InChI is InChI=1S/C13H9BrFNOS/c14-7-4-5-8(9(15)6-7)13-16-12-10(17)2-1-3-11(12)18-13/h4-6H,1-3H2. The van der Waals surface area contributed by atoms with Gasteiger partial charge in [0.15, 0.2) is 5.78 Å². The van der Waals surface area contributed by atoms with E-state index in [-0.39, 0.29) is 11.6 Å². The van der Waals surface area contributed by atoms with Crippen LogP contribution in [0.1, 0.15) is 28.2 Å². The van der Waals surface area contributed by atoms with Crippen LogP contribution in [0, 0.1) is 5.82 Å². The first-order chi connectivity index (χ1) is 8.65. The Morgan fingerprint density at radius 1 is 1.33 bits per heavy atom. The average Bonchev–Trinajstić information content (AvgIpc) is 2.74. The average molecular weight is 326 g/mol. The van der Waals surface area contributed by atoms with Gasteiger partial charge in [0.05, 0.1) is 0 Å². The number of nitrogens with zero attached hydrogens (tertiary/aromatic N) is 1. The molecule has 0 fully saturated rings. The van der Waals surface area contributed by atoms with Crippen molar-refractivity contribution in [2.75, 3.05) is 0 Å². The molecule has 1 aliphatic rings. The molecule has 5 heteroatoms. The molecule has 2 aromatic rings. The third-order valence-electron chi connectivity index (χ3n) is 2.93. The molecule has 92 valence electrons. The van der Waals surface area contributed by atoms with E-state index in [4.69, 9.17) is 0 Å². The third-order valence-corrected chi connectivity index (χ3v) is 4.57. The maximum absolute atomic E-state index is 13.8. The number of carbonyl (C=O) groups excluding carboxylic acids is 1. The van der Waals surface area contributed by atoms with Crippen molar-refractivity contribution in [3.63, 3.8) is 0 Å². The number of aromatic nitrogens is 1. The fraction of sp³-hybridized carbons (Fsp3) is 0.231. The van der Waals surface area contributed by atoms with Gasteiger partial charge in [-0.1, -0.05) is 15.9 Å². The lowest BCUT2D eigenvalue weighted by Crippen LogP contribution is -2.08. The predicted molar refractivity (Wildman–Crippen MR) is 72.5 cm³/mol. The molecule has 0 radical (unpaired) electrons. The number of rotatable bonds is 1. The molecule has 0 atom stereocenters. The van der Waals surface area contributed by atoms with Crippen molar-refractivity contribution in [3.8, 4) is 10.6 Å². The van der Waals surface area contributed by atoms with Crippen LogP contribution in [0.4, 0.5) is 4.39 Å². The highest BCUT2D eigenvalue weighted by molar-refractivity contribution is 9.10. The van der Waals surface area contributed by atoms with Crippen molar-refractivity contribution >= 4 is 33.0 Å². The Morgan fingerprint density at radius 3 is 2.89 bits per heavy atom. The maximum Gasteiger partial charge on any atom is 0.182 e. The highest BCUT2D eigenvalue weighted by atomic mass is 79.9. The van der Waals surface area contributed by atoms with Crippen LogP contribution in [-0.2, 0) is 6.42 Å². The zero-order valence-electron chi connectivity index (χ0n) is 9.37. The minimum Gasteiger partial charge on any atom is -0.292 e. The first-order valence-corrected chi connectivity index (χ1v) is 7.24. The molecule has 0 saturated carbocycles. The van der Waals surface area contributed by atoms with Gasteiger partial charge in [0, 0.05) is 21.3 Å². The van der Waals surface area contributed by atoms with Crippen molar-refractivity contribution in [1.29, 1.82) is 0 Å². The Hall–Kier alpha value is -1.07. The highest BCUT2D eigenvalue weighted by Crippen LogP contribution is 2.34. The van der Waals surface area contributed by atoms with E-state index in [0.717, 1.165) is 17.7 Å². The monoisotopic (exact) mass is 325 g/mol. The largest absolute Gasteiger partial charge is 0.292 e. The molecule has 1 heterocycles. The highest BCUT2D eigenvalue weighted by Gasteiger charge is 2.23. The van der Waals surface area contributed by atoms with Crippen LogP contribution in [0.3, 0.4) is 0 Å². The fourth-order valence-electron chi connectivity index (χ4n) is 2.05. The number of fused-ring (bicyclic) bond motifs is 1. The van der Waals surface area contributed by atoms with Gasteiger partial charge < -0.3 is 0 Å². The van der Waals surface area contributed by atoms with Gasteiger partial charge in [-0.2, -0.15) is 0 Å².